The van der Waals surface area contributed by atoms with Gasteiger partial charge in [-0.2, -0.15) is 0 Å². The maximum atomic E-state index is 13.5. The van der Waals surface area contributed by atoms with Gasteiger partial charge >= 0.3 is 0 Å². The summed E-state index contributed by atoms with van der Waals surface area (Å²) in [5, 5.41) is 0. The molecule has 220 valence electrons. The number of likely N-dealkylation sites (tertiary alicyclic amines) is 2. The molecule has 3 aliphatic heterocycles. The van der Waals surface area contributed by atoms with Crippen molar-refractivity contribution in [3.05, 3.63) is 65.7 Å². The van der Waals surface area contributed by atoms with Gasteiger partial charge in [0.05, 0.1) is 16.1 Å². The zero-order chi connectivity index (χ0) is 27.8. The van der Waals surface area contributed by atoms with Crippen LogP contribution in [-0.4, -0.2) is 88.1 Å². The summed E-state index contributed by atoms with van der Waals surface area (Å²) in [5.41, 5.74) is 1.80. The second-order valence-electron chi connectivity index (χ2n) is 11.5. The molecule has 0 aromatic heterocycles. The standard InChI is InChI=1S/C29H39N3O5S2.ClH/c1-3-39(36,37)32-21-25(27(22-32)24-7-5-4-6-8-24)20-30-16-13-29(14-17-30)15-18-31(28(29)33)19-23-9-11-26(12-10-23)38(2,34)35;/h4-12,25,27H,3,13-22H2,1-2H3;1H/t25-,27+;/m0./s1. The molecule has 0 radical (unpaired) electrons. The Hall–Kier alpha value is -1.98. The van der Waals surface area contributed by atoms with Crippen molar-refractivity contribution in [1.29, 1.82) is 0 Å². The smallest absolute Gasteiger partial charge is 0.229 e. The van der Waals surface area contributed by atoms with Crippen LogP contribution in [0, 0.1) is 11.3 Å². The van der Waals surface area contributed by atoms with Crippen LogP contribution in [0.3, 0.4) is 0 Å². The summed E-state index contributed by atoms with van der Waals surface area (Å²) in [4.78, 5) is 18.2. The van der Waals surface area contributed by atoms with Gasteiger partial charge in [0, 0.05) is 44.9 Å². The Morgan fingerprint density at radius 3 is 2.10 bits per heavy atom. The normalized spacial score (nSPS) is 23.9. The fourth-order valence-corrected chi connectivity index (χ4v) is 8.37. The highest BCUT2D eigenvalue weighted by Gasteiger charge is 2.48. The first-order valence-electron chi connectivity index (χ1n) is 13.8. The lowest BCUT2D eigenvalue weighted by Crippen LogP contribution is -2.46. The fourth-order valence-electron chi connectivity index (χ4n) is 6.57. The highest BCUT2D eigenvalue weighted by atomic mass is 35.5. The van der Waals surface area contributed by atoms with Crippen molar-refractivity contribution in [1.82, 2.24) is 14.1 Å². The van der Waals surface area contributed by atoms with E-state index < -0.39 is 19.9 Å². The van der Waals surface area contributed by atoms with E-state index in [2.05, 4.69) is 17.0 Å². The lowest BCUT2D eigenvalue weighted by atomic mass is 9.76. The number of piperidine rings is 1. The minimum absolute atomic E-state index is 0. The molecular formula is C29H40ClN3O5S2. The van der Waals surface area contributed by atoms with E-state index in [1.54, 1.807) is 35.5 Å². The number of carbonyl (C=O) groups is 1. The molecule has 2 atom stereocenters. The first kappa shape index (κ1) is 31.0. The second-order valence-corrected chi connectivity index (χ2v) is 15.7. The third kappa shape index (κ3) is 6.41. The van der Waals surface area contributed by atoms with E-state index in [-0.39, 0.29) is 46.2 Å². The van der Waals surface area contributed by atoms with Crippen LogP contribution in [0.1, 0.15) is 43.2 Å². The van der Waals surface area contributed by atoms with Crippen LogP contribution in [0.15, 0.2) is 59.5 Å². The Kier molecular flexibility index (Phi) is 9.36. The zero-order valence-corrected chi connectivity index (χ0v) is 25.7. The molecule has 40 heavy (non-hydrogen) atoms. The number of benzene rings is 2. The van der Waals surface area contributed by atoms with Gasteiger partial charge in [0.15, 0.2) is 9.84 Å². The van der Waals surface area contributed by atoms with E-state index in [1.165, 1.54) is 11.8 Å². The molecule has 3 fully saturated rings. The molecule has 0 bridgehead atoms. The molecular weight excluding hydrogens is 570 g/mol. The summed E-state index contributed by atoms with van der Waals surface area (Å²) in [5.74, 6) is 0.709. The van der Waals surface area contributed by atoms with E-state index in [1.807, 2.05) is 23.1 Å². The third-order valence-corrected chi connectivity index (χ3v) is 12.0. The fraction of sp³-hybridized carbons (Fsp3) is 0.552. The number of carbonyl (C=O) groups excluding carboxylic acids is 1. The number of halogens is 1. The van der Waals surface area contributed by atoms with Crippen molar-refractivity contribution < 1.29 is 21.6 Å². The second kappa shape index (κ2) is 12.1. The maximum Gasteiger partial charge on any atom is 0.229 e. The van der Waals surface area contributed by atoms with Crippen molar-refractivity contribution >= 4 is 38.2 Å². The first-order valence-corrected chi connectivity index (χ1v) is 17.3. The summed E-state index contributed by atoms with van der Waals surface area (Å²) in [6, 6.07) is 17.0. The van der Waals surface area contributed by atoms with Crippen LogP contribution < -0.4 is 0 Å². The average Bonchev–Trinajstić information content (AvgIpc) is 3.48. The maximum absolute atomic E-state index is 13.5. The van der Waals surface area contributed by atoms with Crippen LogP contribution in [0.4, 0.5) is 0 Å². The Labute approximate surface area is 245 Å². The number of nitrogens with zero attached hydrogens (tertiary/aromatic N) is 3. The van der Waals surface area contributed by atoms with E-state index in [4.69, 9.17) is 0 Å². The van der Waals surface area contributed by atoms with Gasteiger partial charge in [0.1, 0.15) is 0 Å². The molecule has 0 unspecified atom stereocenters. The summed E-state index contributed by atoms with van der Waals surface area (Å²) in [6.07, 6.45) is 3.67. The minimum Gasteiger partial charge on any atom is -0.338 e. The van der Waals surface area contributed by atoms with Crippen molar-refractivity contribution in [3.63, 3.8) is 0 Å². The van der Waals surface area contributed by atoms with Crippen molar-refractivity contribution in [2.45, 2.75) is 43.5 Å². The summed E-state index contributed by atoms with van der Waals surface area (Å²) in [6.45, 7) is 6.49. The lowest BCUT2D eigenvalue weighted by molar-refractivity contribution is -0.139. The molecule has 3 saturated heterocycles. The molecule has 2 aromatic carbocycles. The summed E-state index contributed by atoms with van der Waals surface area (Å²) in [7, 11) is -6.49. The van der Waals surface area contributed by atoms with Gasteiger partial charge in [-0.25, -0.2) is 21.1 Å². The van der Waals surface area contributed by atoms with Crippen molar-refractivity contribution in [2.24, 2.45) is 11.3 Å². The van der Waals surface area contributed by atoms with Crippen LogP contribution in [0.25, 0.3) is 0 Å². The lowest BCUT2D eigenvalue weighted by Gasteiger charge is -2.39. The number of sulfonamides is 1. The largest absolute Gasteiger partial charge is 0.338 e. The average molecular weight is 610 g/mol. The molecule has 3 aliphatic rings. The van der Waals surface area contributed by atoms with E-state index in [9.17, 15) is 21.6 Å². The molecule has 0 aliphatic carbocycles. The molecule has 11 heteroatoms. The molecule has 8 nitrogen and oxygen atoms in total. The molecule has 3 heterocycles. The van der Waals surface area contributed by atoms with Gasteiger partial charge in [-0.3, -0.25) is 4.79 Å². The molecule has 5 rings (SSSR count). The van der Waals surface area contributed by atoms with Gasteiger partial charge in [0.25, 0.3) is 0 Å². The van der Waals surface area contributed by atoms with E-state index >= 15 is 0 Å². The number of hydrogen-bond acceptors (Lipinski definition) is 6. The Morgan fingerprint density at radius 1 is 0.875 bits per heavy atom. The van der Waals surface area contributed by atoms with Gasteiger partial charge in [-0.1, -0.05) is 42.5 Å². The SMILES string of the molecule is CCS(=O)(=O)N1C[C@H](CN2CCC3(CC2)CCN(Cc2ccc(S(C)(=O)=O)cc2)C3=O)[C@@H](c2ccccc2)C1.Cl. The summed E-state index contributed by atoms with van der Waals surface area (Å²) < 4.78 is 50.5. The third-order valence-electron chi connectivity index (χ3n) is 9.03. The predicted octanol–water partition coefficient (Wildman–Crippen LogP) is 3.39. The van der Waals surface area contributed by atoms with Crippen molar-refractivity contribution in [3.8, 4) is 0 Å². The Morgan fingerprint density at radius 2 is 1.50 bits per heavy atom. The molecule has 1 spiro atoms. The Balaban J connectivity index is 0.00000370. The van der Waals surface area contributed by atoms with Crippen molar-refractivity contribution in [2.75, 3.05) is 51.3 Å². The number of sulfone groups is 1. The molecule has 0 saturated carbocycles. The number of hydrogen-bond donors (Lipinski definition) is 0. The number of rotatable bonds is 8. The molecule has 2 aromatic rings. The highest BCUT2D eigenvalue weighted by Crippen LogP contribution is 2.43. The van der Waals surface area contributed by atoms with Gasteiger partial charge in [-0.15, -0.1) is 12.4 Å². The predicted molar refractivity (Wildman–Crippen MR) is 159 cm³/mol. The van der Waals surface area contributed by atoms with Crippen LogP contribution in [0.2, 0.25) is 0 Å². The van der Waals surface area contributed by atoms with Gasteiger partial charge in [-0.05, 0) is 68.5 Å². The molecule has 0 N–H and O–H groups in total. The minimum atomic E-state index is -3.25. The first-order chi connectivity index (χ1) is 18.5. The molecule has 1 amide bonds. The van der Waals surface area contributed by atoms with E-state index in [0.717, 1.165) is 51.0 Å². The van der Waals surface area contributed by atoms with Crippen LogP contribution >= 0.6 is 12.4 Å². The number of amides is 1. The van der Waals surface area contributed by atoms with Gasteiger partial charge < -0.3 is 9.80 Å². The summed E-state index contributed by atoms with van der Waals surface area (Å²) >= 11 is 0. The van der Waals surface area contributed by atoms with Crippen LogP contribution in [0.5, 0.6) is 0 Å². The van der Waals surface area contributed by atoms with E-state index in [0.29, 0.717) is 19.6 Å². The quantitative estimate of drug-likeness (QED) is 0.455. The Bertz CT molecular complexity index is 1390. The van der Waals surface area contributed by atoms with Gasteiger partial charge in [0.2, 0.25) is 15.9 Å². The highest BCUT2D eigenvalue weighted by molar-refractivity contribution is 7.90. The zero-order valence-electron chi connectivity index (χ0n) is 23.2. The topological polar surface area (TPSA) is 95.1 Å². The monoisotopic (exact) mass is 609 g/mol. The van der Waals surface area contributed by atoms with Crippen LogP contribution in [-0.2, 0) is 31.2 Å².